The van der Waals surface area contributed by atoms with Gasteiger partial charge in [-0.1, -0.05) is 30.7 Å². The lowest BCUT2D eigenvalue weighted by molar-refractivity contribution is -0.127. The smallest absolute Gasteiger partial charge is 0.246 e. The molecule has 222 valence electrons. The van der Waals surface area contributed by atoms with Crippen LogP contribution in [0, 0.1) is 17.2 Å². The molecule has 3 heterocycles. The lowest BCUT2D eigenvalue weighted by Crippen LogP contribution is -2.53. The van der Waals surface area contributed by atoms with E-state index in [9.17, 15) is 9.59 Å². The summed E-state index contributed by atoms with van der Waals surface area (Å²) in [6.07, 6.45) is 10.2. The molecule has 0 bridgehead atoms. The molecule has 0 saturated carbocycles. The van der Waals surface area contributed by atoms with Gasteiger partial charge in [-0.05, 0) is 93.1 Å². The summed E-state index contributed by atoms with van der Waals surface area (Å²) in [6.45, 7) is 5.10. The molecule has 2 fully saturated rings. The van der Waals surface area contributed by atoms with E-state index >= 15 is 0 Å². The molecule has 5 rings (SSSR count). The highest BCUT2D eigenvalue weighted by atomic mass is 16.5. The van der Waals surface area contributed by atoms with Crippen molar-refractivity contribution in [3.05, 3.63) is 72.3 Å². The van der Waals surface area contributed by atoms with Gasteiger partial charge in [0.05, 0.1) is 5.71 Å². The van der Waals surface area contributed by atoms with Gasteiger partial charge in [-0.15, -0.1) is 0 Å². The first-order chi connectivity index (χ1) is 20.5. The third-order valence-electron chi connectivity index (χ3n) is 8.54. The quantitative estimate of drug-likeness (QED) is 0.294. The van der Waals surface area contributed by atoms with E-state index in [2.05, 4.69) is 15.2 Å². The summed E-state index contributed by atoms with van der Waals surface area (Å²) in [5.74, 6) is 0.715. The van der Waals surface area contributed by atoms with Crippen LogP contribution in [0.4, 0.5) is 0 Å². The minimum Gasteiger partial charge on any atom is -0.457 e. The van der Waals surface area contributed by atoms with Crippen molar-refractivity contribution < 1.29 is 14.3 Å². The number of nitrogens with two attached hydrogens (primary N) is 1. The number of para-hydroxylation sites is 1. The Morgan fingerprint density at radius 2 is 1.67 bits per heavy atom. The number of nitrogens with one attached hydrogen (secondary N) is 2. The predicted molar refractivity (Wildman–Crippen MR) is 165 cm³/mol. The monoisotopic (exact) mass is 570 g/mol. The van der Waals surface area contributed by atoms with Gasteiger partial charge in [0.15, 0.2) is 0 Å². The summed E-state index contributed by atoms with van der Waals surface area (Å²) >= 11 is 0. The van der Waals surface area contributed by atoms with E-state index in [1.807, 2.05) is 41.3 Å². The zero-order valence-electron chi connectivity index (χ0n) is 24.2. The largest absolute Gasteiger partial charge is 0.457 e. The number of rotatable bonds is 10. The Labute approximate surface area is 248 Å². The fourth-order valence-electron chi connectivity index (χ4n) is 6.14. The van der Waals surface area contributed by atoms with Crippen molar-refractivity contribution in [2.75, 3.05) is 39.3 Å². The van der Waals surface area contributed by atoms with E-state index in [4.69, 9.17) is 15.9 Å². The molecule has 42 heavy (non-hydrogen) atoms. The molecule has 0 aromatic heterocycles. The SMILES string of the molecule is N=C(c1ccc(Oc2ccccc2)cc1)C(C(N)=O)C1=NCCC(C2CCN(C(=O)C=CCN3CCCCC3)CC2)N1. The second-order valence-corrected chi connectivity index (χ2v) is 11.4. The predicted octanol–water partition coefficient (Wildman–Crippen LogP) is 3.99. The van der Waals surface area contributed by atoms with Crippen LogP contribution in [0.25, 0.3) is 0 Å². The zero-order chi connectivity index (χ0) is 29.3. The molecular formula is C33H42N6O3. The summed E-state index contributed by atoms with van der Waals surface area (Å²) in [5.41, 5.74) is 6.52. The highest BCUT2D eigenvalue weighted by Gasteiger charge is 2.35. The first-order valence-corrected chi connectivity index (χ1v) is 15.2. The van der Waals surface area contributed by atoms with E-state index < -0.39 is 11.8 Å². The lowest BCUT2D eigenvalue weighted by atomic mass is 9.85. The number of aliphatic imine (C=N–C) groups is 1. The second kappa shape index (κ2) is 14.3. The van der Waals surface area contributed by atoms with E-state index in [0.29, 0.717) is 42.7 Å². The Bertz CT molecular complexity index is 1280. The maximum atomic E-state index is 12.8. The van der Waals surface area contributed by atoms with Crippen molar-refractivity contribution in [3.63, 3.8) is 0 Å². The molecule has 3 aliphatic rings. The third kappa shape index (κ3) is 7.64. The maximum absolute atomic E-state index is 12.8. The molecule has 9 nitrogen and oxygen atoms in total. The minimum absolute atomic E-state index is 0.0896. The van der Waals surface area contributed by atoms with Crippen molar-refractivity contribution in [2.45, 2.75) is 44.6 Å². The molecule has 2 amide bonds. The minimum atomic E-state index is -0.958. The van der Waals surface area contributed by atoms with E-state index in [1.54, 1.807) is 30.3 Å². The number of hydrogen-bond acceptors (Lipinski definition) is 7. The number of piperidine rings is 2. The van der Waals surface area contributed by atoms with E-state index in [0.717, 1.165) is 44.6 Å². The average Bonchev–Trinajstić information content (AvgIpc) is 3.02. The maximum Gasteiger partial charge on any atom is 0.246 e. The second-order valence-electron chi connectivity index (χ2n) is 11.4. The van der Waals surface area contributed by atoms with Crippen LogP contribution in [0.3, 0.4) is 0 Å². The highest BCUT2D eigenvalue weighted by Crippen LogP contribution is 2.26. The summed E-state index contributed by atoms with van der Waals surface area (Å²) in [7, 11) is 0. The van der Waals surface area contributed by atoms with Gasteiger partial charge in [0.1, 0.15) is 23.3 Å². The summed E-state index contributed by atoms with van der Waals surface area (Å²) in [4.78, 5) is 34.3. The molecule has 0 spiro atoms. The Morgan fingerprint density at radius 1 is 0.976 bits per heavy atom. The molecule has 2 unspecified atom stereocenters. The van der Waals surface area contributed by atoms with Crippen molar-refractivity contribution in [1.82, 2.24) is 15.1 Å². The van der Waals surface area contributed by atoms with Gasteiger partial charge in [0.2, 0.25) is 11.8 Å². The van der Waals surface area contributed by atoms with Gasteiger partial charge < -0.3 is 26.1 Å². The molecular weight excluding hydrogens is 528 g/mol. The zero-order valence-corrected chi connectivity index (χ0v) is 24.2. The van der Waals surface area contributed by atoms with Crippen molar-refractivity contribution in [3.8, 4) is 11.5 Å². The molecule has 0 radical (unpaired) electrons. The Hall–Kier alpha value is -3.98. The Kier molecular flexibility index (Phi) is 10.0. The fourth-order valence-corrected chi connectivity index (χ4v) is 6.14. The van der Waals surface area contributed by atoms with Crippen LogP contribution < -0.4 is 15.8 Å². The first kappa shape index (κ1) is 29.5. The topological polar surface area (TPSA) is 124 Å². The summed E-state index contributed by atoms with van der Waals surface area (Å²) in [5, 5.41) is 12.3. The van der Waals surface area contributed by atoms with Crippen LogP contribution >= 0.6 is 0 Å². The normalized spacial score (nSPS) is 20.9. The highest BCUT2D eigenvalue weighted by molar-refractivity contribution is 6.25. The van der Waals surface area contributed by atoms with Crippen molar-refractivity contribution in [1.29, 1.82) is 5.41 Å². The average molecular weight is 571 g/mol. The van der Waals surface area contributed by atoms with Crippen molar-refractivity contribution >= 4 is 23.4 Å². The summed E-state index contributed by atoms with van der Waals surface area (Å²) in [6, 6.07) is 16.7. The van der Waals surface area contributed by atoms with Gasteiger partial charge in [-0.2, -0.15) is 0 Å². The molecule has 4 N–H and O–H groups in total. The number of amides is 2. The number of primary amides is 1. The van der Waals surface area contributed by atoms with Crippen LogP contribution in [0.5, 0.6) is 11.5 Å². The molecule has 3 aliphatic heterocycles. The van der Waals surface area contributed by atoms with Crippen LogP contribution in [-0.2, 0) is 9.59 Å². The van der Waals surface area contributed by atoms with E-state index in [1.165, 1.54) is 19.3 Å². The number of hydrogen-bond donors (Lipinski definition) is 3. The Balaban J connectivity index is 1.14. The number of ether oxygens (including phenoxy) is 1. The number of carbonyl (C=O) groups is 2. The first-order valence-electron chi connectivity index (χ1n) is 15.2. The molecule has 9 heteroatoms. The fraction of sp³-hybridized carbons (Fsp3) is 0.455. The number of amidine groups is 1. The Morgan fingerprint density at radius 3 is 2.36 bits per heavy atom. The molecule has 2 atom stereocenters. The number of nitrogens with zero attached hydrogens (tertiary/aromatic N) is 3. The number of carbonyl (C=O) groups excluding carboxylic acids is 2. The van der Waals surface area contributed by atoms with Gasteiger partial charge in [-0.25, -0.2) is 0 Å². The molecule has 0 aliphatic carbocycles. The van der Waals surface area contributed by atoms with Crippen molar-refractivity contribution in [2.24, 2.45) is 22.6 Å². The number of benzene rings is 2. The van der Waals surface area contributed by atoms with Crippen LogP contribution in [0.2, 0.25) is 0 Å². The van der Waals surface area contributed by atoms with Gasteiger partial charge in [-0.3, -0.25) is 19.5 Å². The standard InChI is InChI=1S/C33H42N6O3/c34-31(25-11-13-27(14-12-25)42-26-8-3-1-4-9-26)30(32(35)41)33-36-18-15-28(37-33)24-16-22-39(23-17-24)29(40)10-7-21-38-19-5-2-6-20-38/h1,3-4,7-14,24,28,30,34H,2,5-6,15-23H2,(H2,35,41)(H,36,37). The molecule has 2 aromatic rings. The van der Waals surface area contributed by atoms with E-state index in [-0.39, 0.29) is 17.7 Å². The van der Waals surface area contributed by atoms with Crippen LogP contribution in [-0.4, -0.2) is 78.5 Å². The lowest BCUT2D eigenvalue weighted by Gasteiger charge is -2.38. The summed E-state index contributed by atoms with van der Waals surface area (Å²) < 4.78 is 5.86. The van der Waals surface area contributed by atoms with Gasteiger partial charge in [0.25, 0.3) is 0 Å². The number of likely N-dealkylation sites (tertiary alicyclic amines) is 2. The molecule has 2 saturated heterocycles. The third-order valence-corrected chi connectivity index (χ3v) is 8.54. The van der Waals surface area contributed by atoms with Gasteiger partial charge >= 0.3 is 0 Å². The van der Waals surface area contributed by atoms with Crippen LogP contribution in [0.1, 0.15) is 44.1 Å². The molecule has 2 aromatic carbocycles. The van der Waals surface area contributed by atoms with Crippen LogP contribution in [0.15, 0.2) is 71.7 Å². The van der Waals surface area contributed by atoms with Gasteiger partial charge in [0, 0.05) is 38.3 Å².